The van der Waals surface area contributed by atoms with Crippen molar-refractivity contribution in [2.45, 2.75) is 44.4 Å². The van der Waals surface area contributed by atoms with Crippen LogP contribution >= 0.6 is 0 Å². The molecule has 3 rings (SSSR count). The lowest BCUT2D eigenvalue weighted by atomic mass is 10.2. The Labute approximate surface area is 124 Å². The highest BCUT2D eigenvalue weighted by atomic mass is 19.1. The number of ether oxygens (including phenoxy) is 1. The van der Waals surface area contributed by atoms with Crippen molar-refractivity contribution in [2.75, 3.05) is 13.2 Å². The van der Waals surface area contributed by atoms with Gasteiger partial charge in [-0.05, 0) is 43.4 Å². The van der Waals surface area contributed by atoms with Crippen molar-refractivity contribution in [3.8, 4) is 0 Å². The van der Waals surface area contributed by atoms with Crippen molar-refractivity contribution in [1.82, 2.24) is 10.2 Å². The number of nitrogens with zero attached hydrogens (tertiary/aromatic N) is 1. The molecule has 1 aliphatic carbocycles. The standard InChI is InChI=1S/C16H21FN2O2/c17-13-4-1-3-12(9-13)10-19(11-15-5-2-8-21-15)16(20)18-14-6-7-14/h1,3-4,9,14-15H,2,5-8,10-11H2,(H,18,20). The second kappa shape index (κ2) is 6.43. The maximum atomic E-state index is 13.3. The van der Waals surface area contributed by atoms with E-state index in [1.54, 1.807) is 11.0 Å². The fourth-order valence-corrected chi connectivity index (χ4v) is 2.60. The van der Waals surface area contributed by atoms with E-state index in [2.05, 4.69) is 5.32 Å². The van der Waals surface area contributed by atoms with Gasteiger partial charge in [-0.2, -0.15) is 0 Å². The molecule has 0 aromatic heterocycles. The van der Waals surface area contributed by atoms with Crippen LogP contribution in [0, 0.1) is 5.82 Å². The Kier molecular flexibility index (Phi) is 4.39. The fourth-order valence-electron chi connectivity index (χ4n) is 2.60. The zero-order chi connectivity index (χ0) is 14.7. The second-order valence-corrected chi connectivity index (χ2v) is 5.87. The van der Waals surface area contributed by atoms with Gasteiger partial charge in [0, 0.05) is 25.7 Å². The number of nitrogens with one attached hydrogen (secondary N) is 1. The quantitative estimate of drug-likeness (QED) is 0.906. The summed E-state index contributed by atoms with van der Waals surface area (Å²) in [4.78, 5) is 14.1. The molecule has 4 nitrogen and oxygen atoms in total. The molecule has 1 aromatic rings. The number of hydrogen-bond donors (Lipinski definition) is 1. The number of amides is 2. The number of halogens is 1. The van der Waals surface area contributed by atoms with Crippen molar-refractivity contribution in [1.29, 1.82) is 0 Å². The Bertz CT molecular complexity index is 499. The molecular weight excluding hydrogens is 271 g/mol. The van der Waals surface area contributed by atoms with E-state index in [0.717, 1.165) is 37.9 Å². The average molecular weight is 292 g/mol. The van der Waals surface area contributed by atoms with E-state index in [-0.39, 0.29) is 18.0 Å². The first-order valence-electron chi connectivity index (χ1n) is 7.62. The number of carbonyl (C=O) groups excluding carboxylic acids is 1. The molecule has 1 aliphatic heterocycles. The molecular formula is C16H21FN2O2. The topological polar surface area (TPSA) is 41.6 Å². The van der Waals surface area contributed by atoms with Gasteiger partial charge >= 0.3 is 6.03 Å². The van der Waals surface area contributed by atoms with Crippen LogP contribution in [0.5, 0.6) is 0 Å². The lowest BCUT2D eigenvalue weighted by Crippen LogP contribution is -2.44. The van der Waals surface area contributed by atoms with Gasteiger partial charge in [-0.25, -0.2) is 9.18 Å². The Morgan fingerprint density at radius 3 is 2.90 bits per heavy atom. The van der Waals surface area contributed by atoms with Crippen molar-refractivity contribution < 1.29 is 13.9 Å². The van der Waals surface area contributed by atoms with Crippen molar-refractivity contribution in [3.05, 3.63) is 35.6 Å². The summed E-state index contributed by atoms with van der Waals surface area (Å²) >= 11 is 0. The Morgan fingerprint density at radius 2 is 2.24 bits per heavy atom. The van der Waals surface area contributed by atoms with E-state index in [1.165, 1.54) is 12.1 Å². The Balaban J connectivity index is 1.65. The molecule has 1 N–H and O–H groups in total. The highest BCUT2D eigenvalue weighted by molar-refractivity contribution is 5.75. The van der Waals surface area contributed by atoms with Gasteiger partial charge in [0.1, 0.15) is 5.82 Å². The van der Waals surface area contributed by atoms with Crippen LogP contribution in [-0.4, -0.2) is 36.2 Å². The molecule has 21 heavy (non-hydrogen) atoms. The molecule has 2 aliphatic rings. The van der Waals surface area contributed by atoms with E-state index in [1.807, 2.05) is 6.07 Å². The molecule has 114 valence electrons. The SMILES string of the molecule is O=C(NC1CC1)N(Cc1cccc(F)c1)CC1CCCO1. The number of urea groups is 1. The maximum Gasteiger partial charge on any atom is 0.318 e. The molecule has 0 radical (unpaired) electrons. The number of carbonyl (C=O) groups is 1. The van der Waals surface area contributed by atoms with Gasteiger partial charge in [0.05, 0.1) is 6.10 Å². The molecule has 1 unspecified atom stereocenters. The lowest BCUT2D eigenvalue weighted by Gasteiger charge is -2.26. The summed E-state index contributed by atoms with van der Waals surface area (Å²) < 4.78 is 18.9. The van der Waals surface area contributed by atoms with E-state index in [0.29, 0.717) is 19.1 Å². The zero-order valence-electron chi connectivity index (χ0n) is 12.1. The second-order valence-electron chi connectivity index (χ2n) is 5.87. The highest BCUT2D eigenvalue weighted by Crippen LogP contribution is 2.20. The van der Waals surface area contributed by atoms with Gasteiger partial charge < -0.3 is 15.0 Å². The molecule has 0 bridgehead atoms. The van der Waals surface area contributed by atoms with Crippen LogP contribution < -0.4 is 5.32 Å². The van der Waals surface area contributed by atoms with Crippen LogP contribution in [0.3, 0.4) is 0 Å². The zero-order valence-corrected chi connectivity index (χ0v) is 12.1. The van der Waals surface area contributed by atoms with Crippen LogP contribution in [0.2, 0.25) is 0 Å². The van der Waals surface area contributed by atoms with Gasteiger partial charge in [-0.1, -0.05) is 12.1 Å². The molecule has 5 heteroatoms. The van der Waals surface area contributed by atoms with Crippen molar-refractivity contribution in [2.24, 2.45) is 0 Å². The third kappa shape index (κ3) is 4.17. The molecule has 1 saturated carbocycles. The van der Waals surface area contributed by atoms with Crippen LogP contribution in [0.1, 0.15) is 31.2 Å². The van der Waals surface area contributed by atoms with Gasteiger partial charge in [-0.3, -0.25) is 0 Å². The van der Waals surface area contributed by atoms with E-state index >= 15 is 0 Å². The first kappa shape index (κ1) is 14.3. The Hall–Kier alpha value is -1.62. The molecule has 2 amide bonds. The van der Waals surface area contributed by atoms with Gasteiger partial charge in [0.2, 0.25) is 0 Å². The largest absolute Gasteiger partial charge is 0.376 e. The third-order valence-corrected chi connectivity index (χ3v) is 3.90. The summed E-state index contributed by atoms with van der Waals surface area (Å²) in [6, 6.07) is 6.66. The summed E-state index contributed by atoms with van der Waals surface area (Å²) in [7, 11) is 0. The molecule has 1 aromatic carbocycles. The summed E-state index contributed by atoms with van der Waals surface area (Å²) in [5.74, 6) is -0.271. The van der Waals surface area contributed by atoms with E-state index in [4.69, 9.17) is 4.74 Å². The van der Waals surface area contributed by atoms with Gasteiger partial charge in [0.25, 0.3) is 0 Å². The maximum absolute atomic E-state index is 13.3. The van der Waals surface area contributed by atoms with Crippen molar-refractivity contribution >= 4 is 6.03 Å². The summed E-state index contributed by atoms with van der Waals surface area (Å²) in [5.41, 5.74) is 0.805. The summed E-state index contributed by atoms with van der Waals surface area (Å²) in [5, 5.41) is 3.00. The third-order valence-electron chi connectivity index (χ3n) is 3.90. The summed E-state index contributed by atoms with van der Waals surface area (Å²) in [6.45, 7) is 1.74. The van der Waals surface area contributed by atoms with Crippen LogP contribution in [-0.2, 0) is 11.3 Å². The van der Waals surface area contributed by atoms with E-state index < -0.39 is 0 Å². The van der Waals surface area contributed by atoms with Gasteiger partial charge in [-0.15, -0.1) is 0 Å². The molecule has 1 heterocycles. The predicted octanol–water partition coefficient (Wildman–Crippen LogP) is 2.68. The number of rotatable bonds is 5. The minimum atomic E-state index is -0.271. The predicted molar refractivity (Wildman–Crippen MR) is 77.3 cm³/mol. The number of benzene rings is 1. The average Bonchev–Trinajstić information content (AvgIpc) is 3.12. The first-order valence-corrected chi connectivity index (χ1v) is 7.62. The Morgan fingerprint density at radius 1 is 1.38 bits per heavy atom. The number of hydrogen-bond acceptors (Lipinski definition) is 2. The monoisotopic (exact) mass is 292 g/mol. The van der Waals surface area contributed by atoms with Gasteiger partial charge in [0.15, 0.2) is 0 Å². The van der Waals surface area contributed by atoms with Crippen LogP contribution in [0.15, 0.2) is 24.3 Å². The highest BCUT2D eigenvalue weighted by Gasteiger charge is 2.28. The molecule has 1 atom stereocenters. The molecule has 1 saturated heterocycles. The molecule has 2 fully saturated rings. The fraction of sp³-hybridized carbons (Fsp3) is 0.562. The normalized spacial score (nSPS) is 21.3. The first-order chi connectivity index (χ1) is 10.2. The minimum absolute atomic E-state index is 0.0720. The van der Waals surface area contributed by atoms with E-state index in [9.17, 15) is 9.18 Å². The van der Waals surface area contributed by atoms with Crippen LogP contribution in [0.4, 0.5) is 9.18 Å². The smallest absolute Gasteiger partial charge is 0.318 e. The minimum Gasteiger partial charge on any atom is -0.376 e. The van der Waals surface area contributed by atoms with Crippen LogP contribution in [0.25, 0.3) is 0 Å². The van der Waals surface area contributed by atoms with Crippen molar-refractivity contribution in [3.63, 3.8) is 0 Å². The lowest BCUT2D eigenvalue weighted by molar-refractivity contribution is 0.0794. The summed E-state index contributed by atoms with van der Waals surface area (Å²) in [6.07, 6.45) is 4.24. The molecule has 0 spiro atoms.